The van der Waals surface area contributed by atoms with E-state index in [2.05, 4.69) is 31.2 Å². The van der Waals surface area contributed by atoms with Crippen LogP contribution in [0.1, 0.15) is 44.8 Å². The zero-order chi connectivity index (χ0) is 11.0. The van der Waals surface area contributed by atoms with E-state index in [0.29, 0.717) is 0 Å². The maximum Gasteiger partial charge on any atom is 0.134 e. The third kappa shape index (κ3) is 1.55. The highest BCUT2D eigenvalue weighted by Crippen LogP contribution is 2.40. The van der Waals surface area contributed by atoms with Crippen molar-refractivity contribution in [1.82, 2.24) is 0 Å². The van der Waals surface area contributed by atoms with Gasteiger partial charge in [0.1, 0.15) is 11.3 Å². The van der Waals surface area contributed by atoms with Crippen molar-refractivity contribution >= 4 is 11.0 Å². The van der Waals surface area contributed by atoms with Gasteiger partial charge in [-0.1, -0.05) is 44.4 Å². The van der Waals surface area contributed by atoms with Gasteiger partial charge in [-0.3, -0.25) is 0 Å². The Morgan fingerprint density at radius 1 is 1.06 bits per heavy atom. The molecular formula is C15H18O. The van der Waals surface area contributed by atoms with Crippen molar-refractivity contribution in [3.05, 3.63) is 36.1 Å². The molecule has 1 aliphatic rings. The molecule has 1 aromatic heterocycles. The molecule has 0 aliphatic heterocycles. The van der Waals surface area contributed by atoms with Crippen molar-refractivity contribution in [2.24, 2.45) is 0 Å². The molecule has 1 aromatic carbocycles. The van der Waals surface area contributed by atoms with E-state index in [1.54, 1.807) is 0 Å². The Balaban J connectivity index is 2.04. The van der Waals surface area contributed by atoms with Crippen molar-refractivity contribution in [1.29, 1.82) is 0 Å². The van der Waals surface area contributed by atoms with Gasteiger partial charge in [-0.25, -0.2) is 0 Å². The fraction of sp³-hybridized carbons (Fsp3) is 0.467. The highest BCUT2D eigenvalue weighted by molar-refractivity contribution is 5.78. The first-order chi connectivity index (χ1) is 7.78. The molecule has 0 amide bonds. The summed E-state index contributed by atoms with van der Waals surface area (Å²) in [4.78, 5) is 0. The van der Waals surface area contributed by atoms with Gasteiger partial charge in [-0.05, 0) is 25.0 Å². The Labute approximate surface area is 96.5 Å². The monoisotopic (exact) mass is 214 g/mol. The number of hydrogen-bond donors (Lipinski definition) is 0. The lowest BCUT2D eigenvalue weighted by molar-refractivity contribution is 0.273. The second-order valence-corrected chi connectivity index (χ2v) is 5.27. The molecule has 2 aromatic rings. The Hall–Kier alpha value is -1.24. The van der Waals surface area contributed by atoms with Crippen LogP contribution in [0.15, 0.2) is 34.7 Å². The molecule has 1 heterocycles. The van der Waals surface area contributed by atoms with Crippen molar-refractivity contribution in [3.63, 3.8) is 0 Å². The van der Waals surface area contributed by atoms with Crippen LogP contribution in [0.3, 0.4) is 0 Å². The van der Waals surface area contributed by atoms with E-state index in [-0.39, 0.29) is 5.41 Å². The van der Waals surface area contributed by atoms with E-state index < -0.39 is 0 Å². The minimum atomic E-state index is 0.275. The molecule has 16 heavy (non-hydrogen) atoms. The van der Waals surface area contributed by atoms with Crippen LogP contribution in [0.25, 0.3) is 11.0 Å². The van der Waals surface area contributed by atoms with E-state index in [0.717, 1.165) is 5.58 Å². The Morgan fingerprint density at radius 3 is 2.56 bits per heavy atom. The quantitative estimate of drug-likeness (QED) is 0.673. The van der Waals surface area contributed by atoms with Crippen LogP contribution < -0.4 is 0 Å². The van der Waals surface area contributed by atoms with Crippen molar-refractivity contribution in [3.8, 4) is 0 Å². The SMILES string of the molecule is CC1(c2cc3ccccc3o2)CCCCC1. The summed E-state index contributed by atoms with van der Waals surface area (Å²) in [6.07, 6.45) is 6.61. The average molecular weight is 214 g/mol. The third-order valence-corrected chi connectivity index (χ3v) is 3.98. The fourth-order valence-corrected chi connectivity index (χ4v) is 2.86. The Kier molecular flexibility index (Phi) is 2.27. The molecule has 0 radical (unpaired) electrons. The van der Waals surface area contributed by atoms with Gasteiger partial charge in [-0.15, -0.1) is 0 Å². The lowest BCUT2D eigenvalue weighted by atomic mass is 9.74. The second-order valence-electron chi connectivity index (χ2n) is 5.27. The largest absolute Gasteiger partial charge is 0.460 e. The highest BCUT2D eigenvalue weighted by atomic mass is 16.3. The van der Waals surface area contributed by atoms with Gasteiger partial charge >= 0.3 is 0 Å². The summed E-state index contributed by atoms with van der Waals surface area (Å²) in [5.41, 5.74) is 1.31. The van der Waals surface area contributed by atoms with Gasteiger partial charge in [0.15, 0.2) is 0 Å². The molecule has 84 valence electrons. The first-order valence-corrected chi connectivity index (χ1v) is 6.27. The lowest BCUT2D eigenvalue weighted by Crippen LogP contribution is -2.24. The first-order valence-electron chi connectivity index (χ1n) is 6.27. The molecule has 0 N–H and O–H groups in total. The summed E-state index contributed by atoms with van der Waals surface area (Å²) >= 11 is 0. The molecule has 0 unspecified atom stereocenters. The molecule has 0 atom stereocenters. The maximum absolute atomic E-state index is 6.01. The molecule has 0 bridgehead atoms. The molecule has 1 fully saturated rings. The van der Waals surface area contributed by atoms with Gasteiger partial charge in [0.25, 0.3) is 0 Å². The van der Waals surface area contributed by atoms with Crippen LogP contribution in [0.5, 0.6) is 0 Å². The number of furan rings is 1. The van der Waals surface area contributed by atoms with Crippen LogP contribution in [0.4, 0.5) is 0 Å². The normalized spacial score (nSPS) is 20.1. The van der Waals surface area contributed by atoms with Gasteiger partial charge in [0.05, 0.1) is 0 Å². The zero-order valence-electron chi connectivity index (χ0n) is 9.83. The number of hydrogen-bond acceptors (Lipinski definition) is 1. The summed E-state index contributed by atoms with van der Waals surface area (Å²) < 4.78 is 6.01. The number of para-hydroxylation sites is 1. The van der Waals surface area contributed by atoms with Gasteiger partial charge in [0.2, 0.25) is 0 Å². The van der Waals surface area contributed by atoms with Crippen molar-refractivity contribution in [2.45, 2.75) is 44.4 Å². The van der Waals surface area contributed by atoms with E-state index >= 15 is 0 Å². The molecule has 0 spiro atoms. The number of benzene rings is 1. The maximum atomic E-state index is 6.01. The minimum Gasteiger partial charge on any atom is -0.460 e. The van der Waals surface area contributed by atoms with Gasteiger partial charge < -0.3 is 4.42 Å². The molecule has 1 aliphatic carbocycles. The Morgan fingerprint density at radius 2 is 1.81 bits per heavy atom. The molecule has 0 saturated heterocycles. The van der Waals surface area contributed by atoms with Gasteiger partial charge in [0, 0.05) is 10.8 Å². The van der Waals surface area contributed by atoms with Crippen LogP contribution in [0.2, 0.25) is 0 Å². The lowest BCUT2D eigenvalue weighted by Gasteiger charge is -2.31. The highest BCUT2D eigenvalue weighted by Gasteiger charge is 2.31. The van der Waals surface area contributed by atoms with Crippen LogP contribution in [0, 0.1) is 0 Å². The zero-order valence-corrected chi connectivity index (χ0v) is 9.83. The average Bonchev–Trinajstić information content (AvgIpc) is 2.74. The summed E-state index contributed by atoms with van der Waals surface area (Å²) in [5.74, 6) is 1.19. The van der Waals surface area contributed by atoms with Crippen LogP contribution >= 0.6 is 0 Å². The summed E-state index contributed by atoms with van der Waals surface area (Å²) in [6.45, 7) is 2.35. The van der Waals surface area contributed by atoms with Crippen molar-refractivity contribution in [2.75, 3.05) is 0 Å². The molecule has 1 saturated carbocycles. The van der Waals surface area contributed by atoms with Crippen LogP contribution in [-0.2, 0) is 5.41 Å². The molecule has 3 rings (SSSR count). The van der Waals surface area contributed by atoms with Crippen molar-refractivity contribution < 1.29 is 4.42 Å². The second kappa shape index (κ2) is 3.65. The summed E-state index contributed by atoms with van der Waals surface area (Å²) in [5, 5.41) is 1.24. The predicted molar refractivity (Wildman–Crippen MR) is 66.7 cm³/mol. The number of rotatable bonds is 1. The van der Waals surface area contributed by atoms with Gasteiger partial charge in [-0.2, -0.15) is 0 Å². The van der Waals surface area contributed by atoms with E-state index in [4.69, 9.17) is 4.42 Å². The van der Waals surface area contributed by atoms with E-state index in [9.17, 15) is 0 Å². The number of fused-ring (bicyclic) bond motifs is 1. The summed E-state index contributed by atoms with van der Waals surface area (Å²) in [7, 11) is 0. The van der Waals surface area contributed by atoms with E-state index in [1.807, 2.05) is 6.07 Å². The van der Waals surface area contributed by atoms with Crippen LogP contribution in [-0.4, -0.2) is 0 Å². The predicted octanol–water partition coefficient (Wildman–Crippen LogP) is 4.65. The third-order valence-electron chi connectivity index (χ3n) is 3.98. The first kappa shape index (κ1) is 9.95. The summed E-state index contributed by atoms with van der Waals surface area (Å²) in [6, 6.07) is 10.5. The standard InChI is InChI=1S/C15H18O/c1-15(9-5-2-6-10-15)14-11-12-7-3-4-8-13(12)16-14/h3-4,7-8,11H,2,5-6,9-10H2,1H3. The Bertz CT molecular complexity index is 456. The molecular weight excluding hydrogens is 196 g/mol. The smallest absolute Gasteiger partial charge is 0.134 e. The van der Waals surface area contributed by atoms with E-state index in [1.165, 1.54) is 43.3 Å². The fourth-order valence-electron chi connectivity index (χ4n) is 2.86. The topological polar surface area (TPSA) is 13.1 Å². The minimum absolute atomic E-state index is 0.275. The molecule has 1 nitrogen and oxygen atoms in total. The molecule has 1 heteroatoms.